The maximum absolute atomic E-state index is 12.5. The van der Waals surface area contributed by atoms with Crippen molar-refractivity contribution in [2.75, 3.05) is 5.32 Å². The highest BCUT2D eigenvalue weighted by Crippen LogP contribution is 2.13. The third kappa shape index (κ3) is 4.83. The quantitative estimate of drug-likeness (QED) is 0.860. The fourth-order valence-corrected chi connectivity index (χ4v) is 2.34. The van der Waals surface area contributed by atoms with Crippen LogP contribution in [0.4, 0.5) is 5.69 Å². The van der Waals surface area contributed by atoms with Crippen molar-refractivity contribution < 1.29 is 9.59 Å². The highest BCUT2D eigenvalue weighted by atomic mass is 35.5. The smallest absolute Gasteiger partial charge is 0.251 e. The molecule has 0 saturated heterocycles. The van der Waals surface area contributed by atoms with E-state index in [1.54, 1.807) is 24.3 Å². The molecule has 2 amide bonds. The summed E-state index contributed by atoms with van der Waals surface area (Å²) in [5.41, 5.74) is 2.29. The summed E-state index contributed by atoms with van der Waals surface area (Å²) >= 11 is 5.83. The molecule has 0 bridgehead atoms. The van der Waals surface area contributed by atoms with Crippen molar-refractivity contribution in [2.24, 2.45) is 5.92 Å². The first-order valence-corrected chi connectivity index (χ1v) is 8.18. The Labute approximate surface area is 147 Å². The van der Waals surface area contributed by atoms with Crippen molar-refractivity contribution in [2.45, 2.75) is 26.8 Å². The summed E-state index contributed by atoms with van der Waals surface area (Å²) in [6.45, 7) is 5.76. The van der Waals surface area contributed by atoms with Gasteiger partial charge in [0.2, 0.25) is 5.91 Å². The van der Waals surface area contributed by atoms with E-state index < -0.39 is 6.04 Å². The van der Waals surface area contributed by atoms with Gasteiger partial charge in [0.1, 0.15) is 6.04 Å². The van der Waals surface area contributed by atoms with Gasteiger partial charge in [0.05, 0.1) is 0 Å². The zero-order chi connectivity index (χ0) is 17.7. The number of hydrogen-bond acceptors (Lipinski definition) is 2. The Kier molecular flexibility index (Phi) is 5.99. The Morgan fingerprint density at radius 3 is 2.08 bits per heavy atom. The summed E-state index contributed by atoms with van der Waals surface area (Å²) < 4.78 is 0. The third-order valence-corrected chi connectivity index (χ3v) is 3.91. The van der Waals surface area contributed by atoms with E-state index in [1.165, 1.54) is 0 Å². The predicted octanol–water partition coefficient (Wildman–Crippen LogP) is 4.04. The van der Waals surface area contributed by atoms with Crippen LogP contribution >= 0.6 is 11.6 Å². The first kappa shape index (κ1) is 18.0. The molecule has 24 heavy (non-hydrogen) atoms. The van der Waals surface area contributed by atoms with Crippen molar-refractivity contribution in [3.63, 3.8) is 0 Å². The zero-order valence-corrected chi connectivity index (χ0v) is 14.7. The molecule has 5 heteroatoms. The third-order valence-electron chi connectivity index (χ3n) is 3.66. The van der Waals surface area contributed by atoms with E-state index in [2.05, 4.69) is 10.6 Å². The summed E-state index contributed by atoms with van der Waals surface area (Å²) in [7, 11) is 0. The van der Waals surface area contributed by atoms with Gasteiger partial charge in [-0.2, -0.15) is 0 Å². The number of benzene rings is 2. The molecule has 1 atom stereocenters. The summed E-state index contributed by atoms with van der Waals surface area (Å²) in [4.78, 5) is 24.9. The van der Waals surface area contributed by atoms with Gasteiger partial charge < -0.3 is 10.6 Å². The van der Waals surface area contributed by atoms with Crippen LogP contribution < -0.4 is 10.6 Å². The number of rotatable bonds is 5. The van der Waals surface area contributed by atoms with E-state index in [1.807, 2.05) is 45.0 Å². The number of hydrogen-bond donors (Lipinski definition) is 2. The Morgan fingerprint density at radius 2 is 1.54 bits per heavy atom. The second-order valence-electron chi connectivity index (χ2n) is 6.06. The van der Waals surface area contributed by atoms with Crippen LogP contribution in [0.25, 0.3) is 0 Å². The van der Waals surface area contributed by atoms with Crippen LogP contribution in [0.2, 0.25) is 5.02 Å². The van der Waals surface area contributed by atoms with Gasteiger partial charge in [-0.05, 0) is 49.2 Å². The lowest BCUT2D eigenvalue weighted by atomic mass is 10.0. The molecule has 0 aromatic heterocycles. The number of aryl methyl sites for hydroxylation is 1. The fraction of sp³-hybridized carbons (Fsp3) is 0.263. The summed E-state index contributed by atoms with van der Waals surface area (Å²) in [5.74, 6) is -0.590. The molecule has 0 spiro atoms. The normalized spacial score (nSPS) is 11.9. The predicted molar refractivity (Wildman–Crippen MR) is 97.4 cm³/mol. The number of carbonyl (C=O) groups is 2. The van der Waals surface area contributed by atoms with E-state index in [0.717, 1.165) is 5.56 Å². The molecule has 2 aromatic carbocycles. The Hall–Kier alpha value is -2.33. The Morgan fingerprint density at radius 1 is 0.958 bits per heavy atom. The molecule has 0 aliphatic heterocycles. The topological polar surface area (TPSA) is 58.2 Å². The average molecular weight is 345 g/mol. The molecule has 0 aliphatic carbocycles. The first-order valence-electron chi connectivity index (χ1n) is 7.81. The Bertz CT molecular complexity index is 709. The maximum Gasteiger partial charge on any atom is 0.251 e. The SMILES string of the molecule is Cc1ccc(NC(=O)[C@@H](NC(=O)c2ccc(Cl)cc2)C(C)C)cc1. The maximum atomic E-state index is 12.5. The highest BCUT2D eigenvalue weighted by molar-refractivity contribution is 6.30. The Balaban J connectivity index is 2.07. The van der Waals surface area contributed by atoms with Crippen molar-refractivity contribution in [3.05, 3.63) is 64.7 Å². The summed E-state index contributed by atoms with van der Waals surface area (Å²) in [6.07, 6.45) is 0. The van der Waals surface area contributed by atoms with E-state index in [-0.39, 0.29) is 17.7 Å². The van der Waals surface area contributed by atoms with Crippen LogP contribution in [0.5, 0.6) is 0 Å². The molecule has 4 nitrogen and oxygen atoms in total. The van der Waals surface area contributed by atoms with Gasteiger partial charge >= 0.3 is 0 Å². The number of nitrogens with one attached hydrogen (secondary N) is 2. The van der Waals surface area contributed by atoms with Crippen LogP contribution in [-0.2, 0) is 4.79 Å². The standard InChI is InChI=1S/C19H21ClN2O2/c1-12(2)17(19(24)21-16-10-4-13(3)5-11-16)22-18(23)14-6-8-15(20)9-7-14/h4-12,17H,1-3H3,(H,21,24)(H,22,23)/t17-/m0/s1. The monoisotopic (exact) mass is 344 g/mol. The molecule has 2 N–H and O–H groups in total. The molecule has 0 unspecified atom stereocenters. The molecule has 0 fully saturated rings. The first-order chi connectivity index (χ1) is 11.4. The summed E-state index contributed by atoms with van der Waals surface area (Å²) in [6, 6.07) is 13.4. The van der Waals surface area contributed by atoms with E-state index in [9.17, 15) is 9.59 Å². The number of amides is 2. The highest BCUT2D eigenvalue weighted by Gasteiger charge is 2.24. The van der Waals surface area contributed by atoms with Gasteiger partial charge in [0.25, 0.3) is 5.91 Å². The van der Waals surface area contributed by atoms with Crippen LogP contribution in [0.3, 0.4) is 0 Å². The van der Waals surface area contributed by atoms with Gasteiger partial charge in [-0.1, -0.05) is 43.1 Å². The number of carbonyl (C=O) groups excluding carboxylic acids is 2. The molecule has 0 heterocycles. The molecule has 0 aliphatic rings. The lowest BCUT2D eigenvalue weighted by Gasteiger charge is -2.22. The van der Waals surface area contributed by atoms with Crippen LogP contribution in [-0.4, -0.2) is 17.9 Å². The number of anilines is 1. The molecular weight excluding hydrogens is 324 g/mol. The molecule has 0 radical (unpaired) electrons. The van der Waals surface area contributed by atoms with Crippen molar-refractivity contribution in [3.8, 4) is 0 Å². The van der Waals surface area contributed by atoms with Crippen LogP contribution in [0.15, 0.2) is 48.5 Å². The van der Waals surface area contributed by atoms with Gasteiger partial charge in [-0.3, -0.25) is 9.59 Å². The largest absolute Gasteiger partial charge is 0.340 e. The minimum Gasteiger partial charge on any atom is -0.340 e. The minimum absolute atomic E-state index is 0.0494. The van der Waals surface area contributed by atoms with Crippen LogP contribution in [0.1, 0.15) is 29.8 Å². The van der Waals surface area contributed by atoms with Gasteiger partial charge in [0, 0.05) is 16.3 Å². The zero-order valence-electron chi connectivity index (χ0n) is 14.0. The van der Waals surface area contributed by atoms with Gasteiger partial charge in [0.15, 0.2) is 0 Å². The van der Waals surface area contributed by atoms with E-state index in [4.69, 9.17) is 11.6 Å². The second kappa shape index (κ2) is 7.97. The number of halogens is 1. The minimum atomic E-state index is -0.630. The second-order valence-corrected chi connectivity index (χ2v) is 6.49. The lowest BCUT2D eigenvalue weighted by Crippen LogP contribution is -2.47. The van der Waals surface area contributed by atoms with Gasteiger partial charge in [-0.15, -0.1) is 0 Å². The van der Waals surface area contributed by atoms with E-state index >= 15 is 0 Å². The molecule has 0 saturated carbocycles. The average Bonchev–Trinajstić information content (AvgIpc) is 2.54. The van der Waals surface area contributed by atoms with Crippen LogP contribution in [0, 0.1) is 12.8 Å². The van der Waals surface area contributed by atoms with E-state index in [0.29, 0.717) is 16.3 Å². The van der Waals surface area contributed by atoms with Gasteiger partial charge in [-0.25, -0.2) is 0 Å². The summed E-state index contributed by atoms with van der Waals surface area (Å²) in [5, 5.41) is 6.19. The van der Waals surface area contributed by atoms with Crippen molar-refractivity contribution in [1.82, 2.24) is 5.32 Å². The van der Waals surface area contributed by atoms with Crippen molar-refractivity contribution in [1.29, 1.82) is 0 Å². The fourth-order valence-electron chi connectivity index (χ4n) is 2.22. The molecular formula is C19H21ClN2O2. The van der Waals surface area contributed by atoms with Crippen molar-refractivity contribution >= 4 is 29.1 Å². The molecule has 126 valence electrons. The lowest BCUT2D eigenvalue weighted by molar-refractivity contribution is -0.118. The molecule has 2 aromatic rings. The molecule has 2 rings (SSSR count).